The number of amides is 1. The molecule has 3 rings (SSSR count). The second kappa shape index (κ2) is 3.82. The van der Waals surface area contributed by atoms with Gasteiger partial charge >= 0.3 is 0 Å². The van der Waals surface area contributed by atoms with Crippen LogP contribution in [0.4, 0.5) is 0 Å². The molecule has 1 aliphatic heterocycles. The highest BCUT2D eigenvalue weighted by atomic mass is 32.1. The maximum absolute atomic E-state index is 12.2. The topological polar surface area (TPSA) is 40.5 Å². The summed E-state index contributed by atoms with van der Waals surface area (Å²) in [5.41, 5.74) is 0.698. The molecule has 3 nitrogen and oxygen atoms in total. The van der Waals surface area contributed by atoms with Crippen molar-refractivity contribution >= 4 is 17.2 Å². The molecule has 1 N–H and O–H groups in total. The van der Waals surface area contributed by atoms with E-state index in [-0.39, 0.29) is 5.91 Å². The lowest BCUT2D eigenvalue weighted by Gasteiger charge is -2.43. The normalized spacial score (nSPS) is 21.9. The van der Waals surface area contributed by atoms with Crippen molar-refractivity contribution < 1.29 is 9.90 Å². The van der Waals surface area contributed by atoms with Gasteiger partial charge in [0.05, 0.1) is 23.6 Å². The van der Waals surface area contributed by atoms with Crippen LogP contribution in [0.25, 0.3) is 0 Å². The summed E-state index contributed by atoms with van der Waals surface area (Å²) >= 11 is 1.65. The molecule has 0 bridgehead atoms. The first-order valence-electron chi connectivity index (χ1n) is 6.18. The Labute approximate surface area is 105 Å². The number of thiophene rings is 1. The van der Waals surface area contributed by atoms with E-state index >= 15 is 0 Å². The largest absolute Gasteiger partial charge is 0.386 e. The van der Waals surface area contributed by atoms with Crippen molar-refractivity contribution in [1.82, 2.24) is 4.90 Å². The second-order valence-electron chi connectivity index (χ2n) is 5.42. The highest BCUT2D eigenvalue weighted by Crippen LogP contribution is 2.32. The molecule has 0 radical (unpaired) electrons. The molecule has 92 valence electrons. The molecule has 2 aliphatic rings. The SMILES string of the molecule is CC1(O)CN(C(=O)c2cc3c(s2)CCCC3)C1. The Morgan fingerprint density at radius 3 is 2.76 bits per heavy atom. The Morgan fingerprint density at radius 2 is 2.12 bits per heavy atom. The average molecular weight is 251 g/mol. The molecule has 1 amide bonds. The number of β-amino-alcohol motifs (C(OH)–C–C–N with tert-alkyl or cyclic N) is 1. The number of hydrogen-bond donors (Lipinski definition) is 1. The molecule has 4 heteroatoms. The Kier molecular flexibility index (Phi) is 2.52. The minimum Gasteiger partial charge on any atom is -0.386 e. The first-order valence-corrected chi connectivity index (χ1v) is 7.00. The zero-order valence-corrected chi connectivity index (χ0v) is 10.8. The molecule has 0 saturated carbocycles. The molecule has 0 spiro atoms. The third-order valence-electron chi connectivity index (χ3n) is 3.56. The van der Waals surface area contributed by atoms with Crippen LogP contribution in [0.5, 0.6) is 0 Å². The molecule has 2 heterocycles. The molecule has 1 aromatic heterocycles. The van der Waals surface area contributed by atoms with Crippen molar-refractivity contribution in [3.8, 4) is 0 Å². The number of aryl methyl sites for hydroxylation is 2. The molecule has 1 fully saturated rings. The highest BCUT2D eigenvalue weighted by Gasteiger charge is 2.40. The summed E-state index contributed by atoms with van der Waals surface area (Å²) in [6.45, 7) is 2.71. The lowest BCUT2D eigenvalue weighted by molar-refractivity contribution is -0.0667. The molecule has 1 saturated heterocycles. The summed E-state index contributed by atoms with van der Waals surface area (Å²) < 4.78 is 0. The van der Waals surface area contributed by atoms with Crippen molar-refractivity contribution in [3.05, 3.63) is 21.4 Å². The van der Waals surface area contributed by atoms with E-state index in [4.69, 9.17) is 0 Å². The van der Waals surface area contributed by atoms with Gasteiger partial charge in [-0.25, -0.2) is 0 Å². The van der Waals surface area contributed by atoms with Crippen LogP contribution in [-0.4, -0.2) is 34.6 Å². The van der Waals surface area contributed by atoms with Gasteiger partial charge in [0.25, 0.3) is 5.91 Å². The molecule has 0 unspecified atom stereocenters. The smallest absolute Gasteiger partial charge is 0.264 e. The first-order chi connectivity index (χ1) is 8.05. The standard InChI is InChI=1S/C13H17NO2S/c1-13(16)7-14(8-13)12(15)11-6-9-4-2-3-5-10(9)17-11/h6,16H,2-5,7-8H2,1H3. The Hall–Kier alpha value is -0.870. The quantitative estimate of drug-likeness (QED) is 0.827. The predicted octanol–water partition coefficient (Wildman–Crippen LogP) is 1.83. The second-order valence-corrected chi connectivity index (χ2v) is 6.56. The lowest BCUT2D eigenvalue weighted by atomic mass is 9.96. The number of likely N-dealkylation sites (tertiary alicyclic amines) is 1. The fraction of sp³-hybridized carbons (Fsp3) is 0.615. The average Bonchev–Trinajstić information content (AvgIpc) is 2.68. The highest BCUT2D eigenvalue weighted by molar-refractivity contribution is 7.14. The molecule has 1 aromatic rings. The minimum atomic E-state index is -0.674. The van der Waals surface area contributed by atoms with E-state index in [0.717, 1.165) is 17.7 Å². The van der Waals surface area contributed by atoms with Gasteiger partial charge in [-0.15, -0.1) is 11.3 Å². The van der Waals surface area contributed by atoms with Gasteiger partial charge in [0.1, 0.15) is 0 Å². The van der Waals surface area contributed by atoms with Gasteiger partial charge in [0, 0.05) is 4.88 Å². The molecule has 1 aliphatic carbocycles. The van der Waals surface area contributed by atoms with Crippen LogP contribution >= 0.6 is 11.3 Å². The molecule has 0 atom stereocenters. The van der Waals surface area contributed by atoms with E-state index in [1.165, 1.54) is 23.3 Å². The zero-order chi connectivity index (χ0) is 12.0. The summed E-state index contributed by atoms with van der Waals surface area (Å²) in [5, 5.41) is 9.65. The van der Waals surface area contributed by atoms with Crippen molar-refractivity contribution in [2.24, 2.45) is 0 Å². The van der Waals surface area contributed by atoms with Crippen LogP contribution in [0.3, 0.4) is 0 Å². The maximum atomic E-state index is 12.2. The summed E-state index contributed by atoms with van der Waals surface area (Å²) in [5.74, 6) is 0.0934. The van der Waals surface area contributed by atoms with E-state index in [9.17, 15) is 9.90 Å². The molecule has 17 heavy (non-hydrogen) atoms. The summed E-state index contributed by atoms with van der Waals surface area (Å²) in [6, 6.07) is 2.06. The van der Waals surface area contributed by atoms with Gasteiger partial charge in [0.2, 0.25) is 0 Å². The van der Waals surface area contributed by atoms with E-state index in [1.807, 2.05) is 0 Å². The van der Waals surface area contributed by atoms with Crippen LogP contribution < -0.4 is 0 Å². The van der Waals surface area contributed by atoms with Crippen molar-refractivity contribution in [3.63, 3.8) is 0 Å². The molecular formula is C13H17NO2S. The monoisotopic (exact) mass is 251 g/mol. The number of fused-ring (bicyclic) bond motifs is 1. The third-order valence-corrected chi connectivity index (χ3v) is 4.78. The van der Waals surface area contributed by atoms with Gasteiger partial charge in [0.15, 0.2) is 0 Å². The van der Waals surface area contributed by atoms with Crippen molar-refractivity contribution in [1.29, 1.82) is 0 Å². The minimum absolute atomic E-state index is 0.0934. The van der Waals surface area contributed by atoms with Gasteiger partial charge in [-0.3, -0.25) is 4.79 Å². The summed E-state index contributed by atoms with van der Waals surface area (Å²) in [4.78, 5) is 16.1. The number of nitrogens with zero attached hydrogens (tertiary/aromatic N) is 1. The van der Waals surface area contributed by atoms with Crippen LogP contribution in [0.1, 0.15) is 39.9 Å². The third kappa shape index (κ3) is 2.00. The maximum Gasteiger partial charge on any atom is 0.264 e. The van der Waals surface area contributed by atoms with Crippen LogP contribution in [-0.2, 0) is 12.8 Å². The van der Waals surface area contributed by atoms with E-state index in [0.29, 0.717) is 13.1 Å². The zero-order valence-electron chi connectivity index (χ0n) is 10.0. The van der Waals surface area contributed by atoms with E-state index < -0.39 is 5.60 Å². The number of rotatable bonds is 1. The molecular weight excluding hydrogens is 234 g/mol. The van der Waals surface area contributed by atoms with Crippen molar-refractivity contribution in [2.45, 2.75) is 38.2 Å². The van der Waals surface area contributed by atoms with Gasteiger partial charge in [-0.05, 0) is 44.2 Å². The Balaban J connectivity index is 1.76. The van der Waals surface area contributed by atoms with Crippen LogP contribution in [0.15, 0.2) is 6.07 Å². The van der Waals surface area contributed by atoms with Crippen LogP contribution in [0, 0.1) is 0 Å². The molecule has 0 aromatic carbocycles. The fourth-order valence-electron chi connectivity index (χ4n) is 2.67. The number of aliphatic hydroxyl groups is 1. The van der Waals surface area contributed by atoms with Crippen molar-refractivity contribution in [2.75, 3.05) is 13.1 Å². The summed E-state index contributed by atoms with van der Waals surface area (Å²) in [7, 11) is 0. The number of carbonyl (C=O) groups is 1. The van der Waals surface area contributed by atoms with Gasteiger partial charge in [-0.1, -0.05) is 0 Å². The fourth-order valence-corrected chi connectivity index (χ4v) is 3.89. The Bertz CT molecular complexity index is 432. The van der Waals surface area contributed by atoms with Gasteiger partial charge in [-0.2, -0.15) is 0 Å². The first kappa shape index (κ1) is 11.2. The van der Waals surface area contributed by atoms with Gasteiger partial charge < -0.3 is 10.0 Å². The van der Waals surface area contributed by atoms with Crippen LogP contribution in [0.2, 0.25) is 0 Å². The number of hydrogen-bond acceptors (Lipinski definition) is 3. The lowest BCUT2D eigenvalue weighted by Crippen LogP contribution is -2.61. The van der Waals surface area contributed by atoms with E-state index in [2.05, 4.69) is 6.07 Å². The number of carbonyl (C=O) groups excluding carboxylic acids is 1. The van der Waals surface area contributed by atoms with E-state index in [1.54, 1.807) is 23.2 Å². The summed E-state index contributed by atoms with van der Waals surface area (Å²) in [6.07, 6.45) is 4.75. The predicted molar refractivity (Wildman–Crippen MR) is 67.5 cm³/mol. The Morgan fingerprint density at radius 1 is 1.41 bits per heavy atom.